The van der Waals surface area contributed by atoms with Crippen molar-refractivity contribution in [2.24, 2.45) is 13.0 Å². The fourth-order valence-corrected chi connectivity index (χ4v) is 2.92. The van der Waals surface area contributed by atoms with Gasteiger partial charge < -0.3 is 15.2 Å². The molecule has 146 valence electrons. The zero-order valence-electron chi connectivity index (χ0n) is 15.8. The summed E-state index contributed by atoms with van der Waals surface area (Å²) >= 11 is 0. The number of carboxylic acids is 1. The van der Waals surface area contributed by atoms with E-state index in [0.29, 0.717) is 24.1 Å². The molecule has 1 unspecified atom stereocenters. The van der Waals surface area contributed by atoms with E-state index in [2.05, 4.69) is 15.6 Å². The number of aliphatic carboxylic acids is 1. The normalized spacial score (nSPS) is 11.9. The zero-order chi connectivity index (χ0) is 20.1. The van der Waals surface area contributed by atoms with E-state index in [0.717, 1.165) is 16.8 Å². The Kier molecular flexibility index (Phi) is 5.88. The molecule has 0 aliphatic heterocycles. The number of carbonyl (C=O) groups is 2. The fraction of sp³-hybridized carbons (Fsp3) is 0.300. The van der Waals surface area contributed by atoms with Crippen LogP contribution in [-0.4, -0.2) is 45.1 Å². The number of ether oxygens (including phenoxy) is 1. The summed E-state index contributed by atoms with van der Waals surface area (Å²) < 4.78 is 7.01. The van der Waals surface area contributed by atoms with Crippen molar-refractivity contribution in [1.29, 1.82) is 0 Å². The first-order valence-corrected chi connectivity index (χ1v) is 9.00. The Bertz CT molecular complexity index is 982. The number of hydrogen-bond donors (Lipinski definition) is 2. The second kappa shape index (κ2) is 8.51. The lowest BCUT2D eigenvalue weighted by Gasteiger charge is -2.14. The van der Waals surface area contributed by atoms with Crippen LogP contribution >= 0.6 is 0 Å². The second-order valence-electron chi connectivity index (χ2n) is 6.44. The highest BCUT2D eigenvalue weighted by Gasteiger charge is 2.20. The monoisotopic (exact) mass is 382 g/mol. The molecule has 2 aromatic carbocycles. The fourth-order valence-electron chi connectivity index (χ4n) is 2.92. The number of benzene rings is 2. The van der Waals surface area contributed by atoms with Gasteiger partial charge in [-0.2, -0.15) is 0 Å². The summed E-state index contributed by atoms with van der Waals surface area (Å²) in [6, 6.07) is 12.4. The number of carboxylic acid groups (broad SMARTS) is 1. The van der Waals surface area contributed by atoms with Gasteiger partial charge in [-0.3, -0.25) is 9.59 Å². The lowest BCUT2D eigenvalue weighted by atomic mass is 9.99. The third kappa shape index (κ3) is 4.46. The molecule has 3 rings (SSSR count). The first kappa shape index (κ1) is 19.3. The maximum absolute atomic E-state index is 12.4. The Hall–Kier alpha value is -3.42. The smallest absolute Gasteiger partial charge is 0.308 e. The molecule has 1 heterocycles. The number of carbonyl (C=O) groups excluding carboxylic acids is 1. The van der Waals surface area contributed by atoms with Crippen molar-refractivity contribution in [2.75, 3.05) is 13.2 Å². The molecule has 2 N–H and O–H groups in total. The minimum atomic E-state index is -0.960. The van der Waals surface area contributed by atoms with Gasteiger partial charge in [0.2, 0.25) is 0 Å². The minimum Gasteiger partial charge on any atom is -0.494 e. The Morgan fingerprint density at radius 1 is 1.21 bits per heavy atom. The van der Waals surface area contributed by atoms with Crippen molar-refractivity contribution in [3.63, 3.8) is 0 Å². The third-order valence-electron chi connectivity index (χ3n) is 4.45. The molecular formula is C20H22N4O4. The number of hydrogen-bond acceptors (Lipinski definition) is 5. The van der Waals surface area contributed by atoms with Crippen LogP contribution in [0.1, 0.15) is 22.8 Å². The van der Waals surface area contributed by atoms with Gasteiger partial charge in [-0.1, -0.05) is 17.3 Å². The Labute approximate surface area is 162 Å². The van der Waals surface area contributed by atoms with E-state index in [1.807, 2.05) is 31.2 Å². The summed E-state index contributed by atoms with van der Waals surface area (Å²) in [7, 11) is 1.77. The SMILES string of the molecule is CCOc1ccc(CC(CNC(=O)c2ccc3c(c2)nnn3C)C(=O)O)cc1. The predicted octanol–water partition coefficient (Wildman–Crippen LogP) is 2.04. The highest BCUT2D eigenvalue weighted by atomic mass is 16.5. The summed E-state index contributed by atoms with van der Waals surface area (Å²) in [6.45, 7) is 2.50. The quantitative estimate of drug-likeness (QED) is 0.617. The molecule has 1 atom stereocenters. The molecule has 3 aromatic rings. The largest absolute Gasteiger partial charge is 0.494 e. The maximum Gasteiger partial charge on any atom is 0.308 e. The van der Waals surface area contributed by atoms with Gasteiger partial charge in [-0.05, 0) is 49.2 Å². The van der Waals surface area contributed by atoms with Gasteiger partial charge >= 0.3 is 5.97 Å². The molecule has 0 fully saturated rings. The summed E-state index contributed by atoms with van der Waals surface area (Å²) in [6.07, 6.45) is 0.311. The van der Waals surface area contributed by atoms with Crippen molar-refractivity contribution < 1.29 is 19.4 Å². The molecule has 1 amide bonds. The van der Waals surface area contributed by atoms with Crippen molar-refractivity contribution in [3.8, 4) is 5.75 Å². The van der Waals surface area contributed by atoms with Crippen LogP contribution in [0.2, 0.25) is 0 Å². The Balaban J connectivity index is 1.63. The molecule has 0 bridgehead atoms. The van der Waals surface area contributed by atoms with Gasteiger partial charge in [0.1, 0.15) is 11.3 Å². The summed E-state index contributed by atoms with van der Waals surface area (Å²) in [5.41, 5.74) is 2.71. The first-order valence-electron chi connectivity index (χ1n) is 9.00. The minimum absolute atomic E-state index is 0.0277. The summed E-state index contributed by atoms with van der Waals surface area (Å²) in [4.78, 5) is 24.0. The lowest BCUT2D eigenvalue weighted by molar-refractivity contribution is -0.141. The molecule has 8 heteroatoms. The molecule has 0 saturated heterocycles. The number of aromatic nitrogens is 3. The van der Waals surface area contributed by atoms with Crippen LogP contribution in [0.3, 0.4) is 0 Å². The van der Waals surface area contributed by atoms with Crippen LogP contribution in [-0.2, 0) is 18.3 Å². The van der Waals surface area contributed by atoms with Crippen LogP contribution in [0.25, 0.3) is 11.0 Å². The molecule has 0 saturated carbocycles. The molecule has 0 aliphatic carbocycles. The van der Waals surface area contributed by atoms with Crippen LogP contribution in [0.5, 0.6) is 5.75 Å². The summed E-state index contributed by atoms with van der Waals surface area (Å²) in [5.74, 6) is -1.29. The lowest BCUT2D eigenvalue weighted by Crippen LogP contribution is -2.34. The number of fused-ring (bicyclic) bond motifs is 1. The average molecular weight is 382 g/mol. The molecule has 0 aliphatic rings. The van der Waals surface area contributed by atoms with Gasteiger partial charge in [0, 0.05) is 19.2 Å². The zero-order valence-corrected chi connectivity index (χ0v) is 15.8. The number of amides is 1. The molecule has 28 heavy (non-hydrogen) atoms. The molecular weight excluding hydrogens is 360 g/mol. The standard InChI is InChI=1S/C20H22N4O4/c1-3-28-16-7-4-13(5-8-16)10-15(20(26)27)12-21-19(25)14-6-9-18-17(11-14)22-23-24(18)2/h4-9,11,15H,3,10,12H2,1-2H3,(H,21,25)(H,26,27). The predicted molar refractivity (Wildman–Crippen MR) is 103 cm³/mol. The highest BCUT2D eigenvalue weighted by molar-refractivity contribution is 5.97. The van der Waals surface area contributed by atoms with Gasteiger partial charge in [0.15, 0.2) is 0 Å². The van der Waals surface area contributed by atoms with Crippen molar-refractivity contribution in [1.82, 2.24) is 20.3 Å². The van der Waals surface area contributed by atoms with Crippen molar-refractivity contribution in [2.45, 2.75) is 13.3 Å². The van der Waals surface area contributed by atoms with Crippen LogP contribution in [0.15, 0.2) is 42.5 Å². The van der Waals surface area contributed by atoms with E-state index in [4.69, 9.17) is 4.74 Å². The van der Waals surface area contributed by atoms with Crippen LogP contribution in [0.4, 0.5) is 0 Å². The highest BCUT2D eigenvalue weighted by Crippen LogP contribution is 2.16. The molecule has 1 aromatic heterocycles. The van der Waals surface area contributed by atoms with Gasteiger partial charge in [0.05, 0.1) is 18.0 Å². The topological polar surface area (TPSA) is 106 Å². The third-order valence-corrected chi connectivity index (χ3v) is 4.45. The van der Waals surface area contributed by atoms with Crippen LogP contribution in [0, 0.1) is 5.92 Å². The van der Waals surface area contributed by atoms with E-state index in [1.54, 1.807) is 29.9 Å². The van der Waals surface area contributed by atoms with Crippen molar-refractivity contribution >= 4 is 22.9 Å². The number of aryl methyl sites for hydroxylation is 1. The second-order valence-corrected chi connectivity index (χ2v) is 6.44. The molecule has 8 nitrogen and oxygen atoms in total. The Morgan fingerprint density at radius 2 is 1.96 bits per heavy atom. The van der Waals surface area contributed by atoms with Crippen LogP contribution < -0.4 is 10.1 Å². The van der Waals surface area contributed by atoms with E-state index in [9.17, 15) is 14.7 Å². The Morgan fingerprint density at radius 3 is 2.64 bits per heavy atom. The van der Waals surface area contributed by atoms with Gasteiger partial charge in [-0.15, -0.1) is 5.10 Å². The van der Waals surface area contributed by atoms with E-state index in [1.165, 1.54) is 0 Å². The average Bonchev–Trinajstić information content (AvgIpc) is 3.06. The number of nitrogens with one attached hydrogen (secondary N) is 1. The number of rotatable bonds is 8. The van der Waals surface area contributed by atoms with E-state index < -0.39 is 11.9 Å². The molecule has 0 spiro atoms. The van der Waals surface area contributed by atoms with Gasteiger partial charge in [0.25, 0.3) is 5.91 Å². The van der Waals surface area contributed by atoms with E-state index in [-0.39, 0.29) is 12.5 Å². The van der Waals surface area contributed by atoms with Gasteiger partial charge in [-0.25, -0.2) is 4.68 Å². The van der Waals surface area contributed by atoms with E-state index >= 15 is 0 Å². The maximum atomic E-state index is 12.4. The van der Waals surface area contributed by atoms with Crippen molar-refractivity contribution in [3.05, 3.63) is 53.6 Å². The number of nitrogens with zero attached hydrogens (tertiary/aromatic N) is 3. The molecule has 0 radical (unpaired) electrons. The summed E-state index contributed by atoms with van der Waals surface area (Å²) in [5, 5.41) is 20.1. The first-order chi connectivity index (χ1) is 13.5.